The fourth-order valence-electron chi connectivity index (χ4n) is 4.54. The summed E-state index contributed by atoms with van der Waals surface area (Å²) in [5, 5.41) is 11.7. The van der Waals surface area contributed by atoms with Crippen molar-refractivity contribution in [1.29, 1.82) is 0 Å². The number of benzene rings is 3. The van der Waals surface area contributed by atoms with Crippen molar-refractivity contribution >= 4 is 29.1 Å². The highest BCUT2D eigenvalue weighted by Crippen LogP contribution is 2.44. The van der Waals surface area contributed by atoms with E-state index in [0.717, 1.165) is 0 Å². The van der Waals surface area contributed by atoms with E-state index in [1.165, 1.54) is 52.6 Å². The summed E-state index contributed by atoms with van der Waals surface area (Å²) in [6.07, 6.45) is 0. The molecule has 0 aliphatic carbocycles. The molecule has 1 amide bonds. The minimum absolute atomic E-state index is 0.0545. The van der Waals surface area contributed by atoms with Crippen LogP contribution in [0.25, 0.3) is 5.76 Å². The van der Waals surface area contributed by atoms with Crippen LogP contribution in [0.2, 0.25) is 5.02 Å². The van der Waals surface area contributed by atoms with Crippen molar-refractivity contribution in [2.45, 2.75) is 12.6 Å². The Morgan fingerprint density at radius 1 is 0.795 bits per heavy atom. The maximum Gasteiger partial charge on any atom is 0.295 e. The third-order valence-electron chi connectivity index (χ3n) is 6.50. The first-order valence-corrected chi connectivity index (χ1v) is 12.2. The van der Waals surface area contributed by atoms with Crippen LogP contribution in [0.5, 0.6) is 28.7 Å². The summed E-state index contributed by atoms with van der Waals surface area (Å²) < 4.78 is 26.7. The van der Waals surface area contributed by atoms with Crippen LogP contribution in [0.1, 0.15) is 22.7 Å². The van der Waals surface area contributed by atoms with Gasteiger partial charge in [-0.15, -0.1) is 0 Å². The number of amides is 1. The molecule has 1 N–H and O–H groups in total. The quantitative estimate of drug-likeness (QED) is 0.224. The monoisotopic (exact) mass is 553 g/mol. The Morgan fingerprint density at radius 2 is 1.44 bits per heavy atom. The lowest BCUT2D eigenvalue weighted by Gasteiger charge is -2.26. The molecule has 0 aromatic heterocycles. The minimum atomic E-state index is -0.922. The van der Waals surface area contributed by atoms with Gasteiger partial charge in [0.15, 0.2) is 11.5 Å². The van der Waals surface area contributed by atoms with Crippen LogP contribution in [0, 0.1) is 0 Å². The number of methoxy groups -OCH3 is 5. The van der Waals surface area contributed by atoms with E-state index in [2.05, 4.69) is 0 Å². The van der Waals surface area contributed by atoms with Gasteiger partial charge < -0.3 is 33.7 Å². The molecule has 4 rings (SSSR count). The molecule has 9 nitrogen and oxygen atoms in total. The lowest BCUT2D eigenvalue weighted by Crippen LogP contribution is -2.29. The van der Waals surface area contributed by atoms with Crippen molar-refractivity contribution in [1.82, 2.24) is 4.90 Å². The van der Waals surface area contributed by atoms with E-state index in [-0.39, 0.29) is 28.5 Å². The van der Waals surface area contributed by atoms with E-state index >= 15 is 0 Å². The Morgan fingerprint density at radius 3 is 2.03 bits per heavy atom. The second-order valence-electron chi connectivity index (χ2n) is 8.58. The first-order valence-electron chi connectivity index (χ1n) is 11.8. The number of aliphatic hydroxyl groups excluding tert-OH is 1. The topological polar surface area (TPSA) is 104 Å². The highest BCUT2D eigenvalue weighted by Gasteiger charge is 2.46. The van der Waals surface area contributed by atoms with E-state index in [1.807, 2.05) is 0 Å². The molecule has 0 spiro atoms. The molecule has 1 saturated heterocycles. The SMILES string of the molecule is COc1ccc(C2/C(=C(\O)c3cc(Cl)c(OC)cc3OC)C(=O)C(=O)N2Cc2ccc(OC)c(OC)c2)cc1. The molecular weight excluding hydrogens is 526 g/mol. The average Bonchev–Trinajstić information content (AvgIpc) is 3.21. The summed E-state index contributed by atoms with van der Waals surface area (Å²) >= 11 is 6.34. The molecule has 39 heavy (non-hydrogen) atoms. The summed E-state index contributed by atoms with van der Waals surface area (Å²) in [5.41, 5.74) is 1.32. The third-order valence-corrected chi connectivity index (χ3v) is 6.80. The second-order valence-corrected chi connectivity index (χ2v) is 8.98. The van der Waals surface area contributed by atoms with Gasteiger partial charge in [0.25, 0.3) is 11.7 Å². The van der Waals surface area contributed by atoms with E-state index < -0.39 is 23.5 Å². The molecule has 10 heteroatoms. The number of carbonyl (C=O) groups is 2. The number of nitrogens with zero attached hydrogens (tertiary/aromatic N) is 1. The predicted octanol–water partition coefficient (Wildman–Crippen LogP) is 5.00. The maximum absolute atomic E-state index is 13.5. The zero-order valence-corrected chi connectivity index (χ0v) is 22.9. The minimum Gasteiger partial charge on any atom is -0.507 e. The van der Waals surface area contributed by atoms with E-state index in [4.69, 9.17) is 35.3 Å². The van der Waals surface area contributed by atoms with Crippen molar-refractivity contribution in [2.75, 3.05) is 35.5 Å². The van der Waals surface area contributed by atoms with Crippen molar-refractivity contribution < 1.29 is 38.4 Å². The van der Waals surface area contributed by atoms with Gasteiger partial charge in [-0.05, 0) is 41.5 Å². The number of Topliss-reactive ketones (excluding diaryl/α,β-unsaturated/α-hetero) is 1. The number of aliphatic hydroxyl groups is 1. The number of carbonyl (C=O) groups excluding carboxylic acids is 2. The van der Waals surface area contributed by atoms with Crippen LogP contribution in [-0.4, -0.2) is 57.2 Å². The smallest absolute Gasteiger partial charge is 0.295 e. The number of likely N-dealkylation sites (tertiary alicyclic amines) is 1. The Hall–Kier alpha value is -4.37. The Balaban J connectivity index is 1.89. The van der Waals surface area contributed by atoms with Crippen molar-refractivity contribution in [3.63, 3.8) is 0 Å². The fraction of sp³-hybridized carbons (Fsp3) is 0.241. The number of hydrogen-bond acceptors (Lipinski definition) is 8. The van der Waals surface area contributed by atoms with Crippen molar-refractivity contribution in [3.8, 4) is 28.7 Å². The average molecular weight is 554 g/mol. The summed E-state index contributed by atoms with van der Waals surface area (Å²) in [5.74, 6) is 0.0979. The lowest BCUT2D eigenvalue weighted by atomic mass is 9.94. The summed E-state index contributed by atoms with van der Waals surface area (Å²) in [6.45, 7) is 0.0545. The van der Waals surface area contributed by atoms with Gasteiger partial charge in [-0.2, -0.15) is 0 Å². The van der Waals surface area contributed by atoms with Crippen LogP contribution < -0.4 is 23.7 Å². The molecule has 0 saturated carbocycles. The fourth-order valence-corrected chi connectivity index (χ4v) is 4.78. The van der Waals surface area contributed by atoms with Gasteiger partial charge in [0.05, 0.1) is 57.8 Å². The third kappa shape index (κ3) is 5.18. The van der Waals surface area contributed by atoms with E-state index in [1.54, 1.807) is 42.5 Å². The van der Waals surface area contributed by atoms with E-state index in [9.17, 15) is 14.7 Å². The van der Waals surface area contributed by atoms with Crippen LogP contribution in [0.3, 0.4) is 0 Å². The molecule has 1 aliphatic heterocycles. The van der Waals surface area contributed by atoms with Crippen molar-refractivity contribution in [2.24, 2.45) is 0 Å². The molecule has 0 bridgehead atoms. The maximum atomic E-state index is 13.5. The number of ether oxygens (including phenoxy) is 5. The summed E-state index contributed by atoms with van der Waals surface area (Å²) in [6, 6.07) is 14.2. The van der Waals surface area contributed by atoms with Gasteiger partial charge in [0, 0.05) is 12.6 Å². The van der Waals surface area contributed by atoms with Gasteiger partial charge in [0.1, 0.15) is 23.0 Å². The molecule has 1 atom stereocenters. The Bertz CT molecular complexity index is 1430. The number of hydrogen-bond donors (Lipinski definition) is 1. The number of rotatable bonds is 9. The van der Waals surface area contributed by atoms with Crippen molar-refractivity contribution in [3.05, 3.63) is 81.9 Å². The van der Waals surface area contributed by atoms with Crippen LogP contribution in [0.4, 0.5) is 0 Å². The van der Waals surface area contributed by atoms with Gasteiger partial charge in [-0.3, -0.25) is 9.59 Å². The summed E-state index contributed by atoms with van der Waals surface area (Å²) in [4.78, 5) is 28.3. The number of halogens is 1. The lowest BCUT2D eigenvalue weighted by molar-refractivity contribution is -0.140. The molecular formula is C29H28ClNO8. The normalized spacial score (nSPS) is 16.3. The Labute approximate surface area is 231 Å². The van der Waals surface area contributed by atoms with Gasteiger partial charge in [-0.1, -0.05) is 29.8 Å². The predicted molar refractivity (Wildman–Crippen MR) is 145 cm³/mol. The standard InChI is InChI=1S/C29H28ClNO8/c1-35-18-9-7-17(8-10-18)26-25(27(32)19-13-20(30)23(38-4)14-22(19)37-3)28(33)29(34)31(26)15-16-6-11-21(36-2)24(12-16)39-5/h6-14,26,32H,15H2,1-5H3/b27-25+. The molecule has 1 fully saturated rings. The van der Waals surface area contributed by atoms with E-state index in [0.29, 0.717) is 34.1 Å². The highest BCUT2D eigenvalue weighted by molar-refractivity contribution is 6.46. The second kappa shape index (κ2) is 11.6. The van der Waals surface area contributed by atoms with Gasteiger partial charge in [0.2, 0.25) is 0 Å². The molecule has 1 heterocycles. The van der Waals surface area contributed by atoms with Crippen LogP contribution >= 0.6 is 11.6 Å². The first-order chi connectivity index (χ1) is 18.8. The molecule has 204 valence electrons. The largest absolute Gasteiger partial charge is 0.507 e. The zero-order chi connectivity index (χ0) is 28.3. The van der Waals surface area contributed by atoms with Gasteiger partial charge in [-0.25, -0.2) is 0 Å². The molecule has 3 aromatic carbocycles. The van der Waals surface area contributed by atoms with Crippen LogP contribution in [-0.2, 0) is 16.1 Å². The summed E-state index contributed by atoms with van der Waals surface area (Å²) in [7, 11) is 7.44. The van der Waals surface area contributed by atoms with Crippen LogP contribution in [0.15, 0.2) is 60.2 Å². The van der Waals surface area contributed by atoms with Gasteiger partial charge >= 0.3 is 0 Å². The zero-order valence-electron chi connectivity index (χ0n) is 22.1. The number of ketones is 1. The molecule has 1 aliphatic rings. The molecule has 0 radical (unpaired) electrons. The Kier molecular flexibility index (Phi) is 8.21. The highest BCUT2D eigenvalue weighted by atomic mass is 35.5. The molecule has 3 aromatic rings. The first kappa shape index (κ1) is 27.7. The molecule has 1 unspecified atom stereocenters.